The maximum atomic E-state index is 12.1. The van der Waals surface area contributed by atoms with E-state index in [0.717, 1.165) is 10.6 Å². The van der Waals surface area contributed by atoms with Crippen molar-refractivity contribution in [3.8, 4) is 0 Å². The fourth-order valence-electron chi connectivity index (χ4n) is 1.85. The first-order valence-corrected chi connectivity index (χ1v) is 7.18. The molecule has 0 fully saturated rings. The van der Waals surface area contributed by atoms with Gasteiger partial charge in [-0.1, -0.05) is 29.3 Å². The Morgan fingerprint density at radius 1 is 1.26 bits per heavy atom. The van der Waals surface area contributed by atoms with Gasteiger partial charge in [0.1, 0.15) is 0 Å². The Balaban J connectivity index is 2.01. The predicted octanol–water partition coefficient (Wildman–Crippen LogP) is 4.20. The van der Waals surface area contributed by atoms with Crippen LogP contribution in [0.4, 0.5) is 5.69 Å². The number of benzene rings is 1. The number of hydrazone groups is 1. The Morgan fingerprint density at radius 3 is 2.84 bits per heavy atom. The van der Waals surface area contributed by atoms with Gasteiger partial charge in [-0.05, 0) is 29.6 Å². The van der Waals surface area contributed by atoms with Crippen LogP contribution in [0, 0.1) is 0 Å². The summed E-state index contributed by atoms with van der Waals surface area (Å²) >= 11 is 13.6. The molecule has 2 heterocycles. The molecular formula is C13H8Cl2N2OS. The monoisotopic (exact) mass is 310 g/mol. The number of carbonyl (C=O) groups excluding carboxylic acids is 1. The summed E-state index contributed by atoms with van der Waals surface area (Å²) < 4.78 is 0. The number of hydrogen-bond acceptors (Lipinski definition) is 3. The minimum Gasteiger partial charge on any atom is -0.272 e. The lowest BCUT2D eigenvalue weighted by atomic mass is 10.2. The van der Waals surface area contributed by atoms with Crippen LogP contribution in [0.2, 0.25) is 10.0 Å². The Hall–Kier alpha value is -1.36. The van der Waals surface area contributed by atoms with Crippen LogP contribution in [-0.2, 0) is 4.79 Å². The summed E-state index contributed by atoms with van der Waals surface area (Å²) in [5.74, 6) is -0.104. The molecule has 6 heteroatoms. The van der Waals surface area contributed by atoms with Gasteiger partial charge in [-0.2, -0.15) is 10.1 Å². The lowest BCUT2D eigenvalue weighted by Crippen LogP contribution is -2.19. The van der Waals surface area contributed by atoms with Gasteiger partial charge in [-0.3, -0.25) is 4.79 Å². The molecule has 1 aromatic heterocycles. The summed E-state index contributed by atoms with van der Waals surface area (Å²) in [6.07, 6.45) is 0.281. The average molecular weight is 311 g/mol. The van der Waals surface area contributed by atoms with Gasteiger partial charge in [0.2, 0.25) is 0 Å². The van der Waals surface area contributed by atoms with Crippen LogP contribution in [0.1, 0.15) is 11.3 Å². The van der Waals surface area contributed by atoms with Crippen molar-refractivity contribution >= 4 is 51.8 Å². The summed E-state index contributed by atoms with van der Waals surface area (Å²) in [4.78, 5) is 13.1. The Morgan fingerprint density at radius 2 is 2.11 bits per heavy atom. The van der Waals surface area contributed by atoms with Gasteiger partial charge in [0, 0.05) is 5.02 Å². The van der Waals surface area contributed by atoms with Gasteiger partial charge in [0.05, 0.1) is 27.7 Å². The second-order valence-corrected chi connectivity index (χ2v) is 5.79. The van der Waals surface area contributed by atoms with E-state index in [1.807, 2.05) is 17.5 Å². The lowest BCUT2D eigenvalue weighted by Gasteiger charge is -2.13. The van der Waals surface area contributed by atoms with Crippen molar-refractivity contribution in [2.75, 3.05) is 5.01 Å². The third-order valence-corrected chi connectivity index (χ3v) is 4.19. The van der Waals surface area contributed by atoms with E-state index in [4.69, 9.17) is 23.2 Å². The molecule has 0 N–H and O–H groups in total. The molecule has 0 saturated carbocycles. The normalized spacial score (nSPS) is 14.9. The van der Waals surface area contributed by atoms with Gasteiger partial charge < -0.3 is 0 Å². The first kappa shape index (κ1) is 12.7. The van der Waals surface area contributed by atoms with E-state index < -0.39 is 0 Å². The SMILES string of the molecule is O=C1CC(c2cccs2)=NN1c1cc(Cl)ccc1Cl. The summed E-state index contributed by atoms with van der Waals surface area (Å²) in [7, 11) is 0. The van der Waals surface area contributed by atoms with Crippen LogP contribution in [0.15, 0.2) is 40.8 Å². The van der Waals surface area contributed by atoms with Gasteiger partial charge in [0.25, 0.3) is 5.91 Å². The largest absolute Gasteiger partial charge is 0.272 e. The first-order chi connectivity index (χ1) is 9.15. The van der Waals surface area contributed by atoms with E-state index >= 15 is 0 Å². The first-order valence-electron chi connectivity index (χ1n) is 5.54. The Labute approximate surface area is 124 Å². The molecule has 3 rings (SSSR count). The summed E-state index contributed by atoms with van der Waals surface area (Å²) in [6, 6.07) is 8.85. The minimum atomic E-state index is -0.104. The van der Waals surface area contributed by atoms with E-state index in [-0.39, 0.29) is 12.3 Å². The zero-order valence-electron chi connectivity index (χ0n) is 9.64. The molecule has 1 aromatic carbocycles. The molecule has 2 aromatic rings. The second kappa shape index (κ2) is 4.96. The second-order valence-electron chi connectivity index (χ2n) is 4.00. The molecule has 0 bridgehead atoms. The van der Waals surface area contributed by atoms with Crippen LogP contribution in [0.25, 0.3) is 0 Å². The topological polar surface area (TPSA) is 32.7 Å². The highest BCUT2D eigenvalue weighted by molar-refractivity contribution is 7.12. The van der Waals surface area contributed by atoms with Crippen molar-refractivity contribution in [1.82, 2.24) is 0 Å². The van der Waals surface area contributed by atoms with E-state index in [2.05, 4.69) is 5.10 Å². The average Bonchev–Trinajstić information content (AvgIpc) is 3.01. The molecule has 3 nitrogen and oxygen atoms in total. The summed E-state index contributed by atoms with van der Waals surface area (Å²) in [5, 5.41) is 8.60. The maximum absolute atomic E-state index is 12.1. The number of carbonyl (C=O) groups is 1. The number of thiophene rings is 1. The molecule has 0 spiro atoms. The number of nitrogens with zero attached hydrogens (tertiary/aromatic N) is 2. The quantitative estimate of drug-likeness (QED) is 0.818. The van der Waals surface area contributed by atoms with E-state index in [0.29, 0.717) is 15.7 Å². The minimum absolute atomic E-state index is 0.104. The van der Waals surface area contributed by atoms with E-state index in [1.54, 1.807) is 29.5 Å². The molecule has 19 heavy (non-hydrogen) atoms. The fourth-order valence-corrected chi connectivity index (χ4v) is 2.92. The standard InChI is InChI=1S/C13H8Cl2N2OS/c14-8-3-4-9(15)11(6-8)17-13(18)7-10(16-17)12-2-1-5-19-12/h1-6H,7H2. The van der Waals surface area contributed by atoms with Gasteiger partial charge in [-0.15, -0.1) is 11.3 Å². The predicted molar refractivity (Wildman–Crippen MR) is 79.4 cm³/mol. The number of anilines is 1. The summed E-state index contributed by atoms with van der Waals surface area (Å²) in [6.45, 7) is 0. The van der Waals surface area contributed by atoms with E-state index in [9.17, 15) is 4.79 Å². The number of halogens is 2. The van der Waals surface area contributed by atoms with Crippen LogP contribution >= 0.6 is 34.5 Å². The highest BCUT2D eigenvalue weighted by atomic mass is 35.5. The van der Waals surface area contributed by atoms with Crippen molar-refractivity contribution in [2.24, 2.45) is 5.10 Å². The third kappa shape index (κ3) is 2.39. The molecule has 0 aliphatic carbocycles. The molecular weight excluding hydrogens is 303 g/mol. The van der Waals surface area contributed by atoms with Crippen LogP contribution in [0.5, 0.6) is 0 Å². The molecule has 0 atom stereocenters. The molecule has 1 aliphatic heterocycles. The molecule has 1 amide bonds. The highest BCUT2D eigenvalue weighted by Gasteiger charge is 2.28. The van der Waals surface area contributed by atoms with Crippen LogP contribution in [0.3, 0.4) is 0 Å². The van der Waals surface area contributed by atoms with Gasteiger partial charge >= 0.3 is 0 Å². The summed E-state index contributed by atoms with van der Waals surface area (Å²) in [5.41, 5.74) is 1.28. The zero-order valence-corrected chi connectivity index (χ0v) is 12.0. The molecule has 96 valence electrons. The molecule has 0 radical (unpaired) electrons. The Bertz CT molecular complexity index is 667. The van der Waals surface area contributed by atoms with Crippen molar-refractivity contribution < 1.29 is 4.79 Å². The fraction of sp³-hybridized carbons (Fsp3) is 0.0769. The van der Waals surface area contributed by atoms with Gasteiger partial charge in [-0.25, -0.2) is 0 Å². The molecule has 0 unspecified atom stereocenters. The smallest absolute Gasteiger partial charge is 0.253 e. The van der Waals surface area contributed by atoms with Crippen LogP contribution in [-0.4, -0.2) is 11.6 Å². The maximum Gasteiger partial charge on any atom is 0.253 e. The van der Waals surface area contributed by atoms with Crippen LogP contribution < -0.4 is 5.01 Å². The number of rotatable bonds is 2. The van der Waals surface area contributed by atoms with Crippen molar-refractivity contribution in [1.29, 1.82) is 0 Å². The van der Waals surface area contributed by atoms with Crippen molar-refractivity contribution in [3.05, 3.63) is 50.6 Å². The zero-order chi connectivity index (χ0) is 13.4. The lowest BCUT2D eigenvalue weighted by molar-refractivity contribution is -0.116. The Kier molecular flexibility index (Phi) is 3.31. The molecule has 0 saturated heterocycles. The third-order valence-electron chi connectivity index (χ3n) is 2.72. The number of amides is 1. The van der Waals surface area contributed by atoms with E-state index in [1.165, 1.54) is 5.01 Å². The van der Waals surface area contributed by atoms with Crippen molar-refractivity contribution in [3.63, 3.8) is 0 Å². The molecule has 1 aliphatic rings. The van der Waals surface area contributed by atoms with Gasteiger partial charge in [0.15, 0.2) is 0 Å². The highest BCUT2D eigenvalue weighted by Crippen LogP contribution is 2.32. The number of hydrogen-bond donors (Lipinski definition) is 0. The van der Waals surface area contributed by atoms with Crippen molar-refractivity contribution in [2.45, 2.75) is 6.42 Å².